The molecule has 0 aromatic heterocycles. The molecule has 1 aliphatic heterocycles. The van der Waals surface area contributed by atoms with Crippen LogP contribution < -0.4 is 16.4 Å². The van der Waals surface area contributed by atoms with Crippen molar-refractivity contribution in [2.24, 2.45) is 11.7 Å². The van der Waals surface area contributed by atoms with Crippen molar-refractivity contribution in [3.05, 3.63) is 29.6 Å². The van der Waals surface area contributed by atoms with Gasteiger partial charge in [0.05, 0.1) is 5.92 Å². The normalized spacial score (nSPS) is 21.2. The molecule has 0 saturated heterocycles. The van der Waals surface area contributed by atoms with Gasteiger partial charge in [0.15, 0.2) is 0 Å². The lowest BCUT2D eigenvalue weighted by molar-refractivity contribution is -0.126. The lowest BCUT2D eigenvalue weighted by atomic mass is 9.89. The highest BCUT2D eigenvalue weighted by molar-refractivity contribution is 6.01. The molecule has 1 fully saturated rings. The first-order valence-electron chi connectivity index (χ1n) is 7.17. The molecule has 1 saturated carbocycles. The lowest BCUT2D eigenvalue weighted by Gasteiger charge is -2.25. The molecule has 2 amide bonds. The van der Waals surface area contributed by atoms with Crippen molar-refractivity contribution in [3.8, 4) is 0 Å². The predicted molar refractivity (Wildman–Crippen MR) is 83.3 cm³/mol. The molecule has 2 unspecified atom stereocenters. The minimum Gasteiger partial charge on any atom is -0.354 e. The van der Waals surface area contributed by atoms with Crippen molar-refractivity contribution in [1.82, 2.24) is 5.32 Å². The van der Waals surface area contributed by atoms with Gasteiger partial charge in [0.2, 0.25) is 11.8 Å². The molecule has 2 aliphatic rings. The third-order valence-electron chi connectivity index (χ3n) is 4.11. The molecule has 3 rings (SSSR count). The zero-order valence-electron chi connectivity index (χ0n) is 12.0. The number of hydrogen-bond donors (Lipinski definition) is 3. The van der Waals surface area contributed by atoms with Crippen LogP contribution in [-0.2, 0) is 9.59 Å². The molecule has 1 heterocycles. The van der Waals surface area contributed by atoms with Crippen LogP contribution in [0.2, 0.25) is 0 Å². The molecule has 7 heteroatoms. The van der Waals surface area contributed by atoms with E-state index in [4.69, 9.17) is 5.73 Å². The van der Waals surface area contributed by atoms with Crippen LogP contribution in [0.5, 0.6) is 0 Å². The number of hydrogen-bond acceptors (Lipinski definition) is 3. The minimum atomic E-state index is -0.583. The average Bonchev–Trinajstić information content (AvgIpc) is 3.27. The van der Waals surface area contributed by atoms with Crippen LogP contribution in [-0.4, -0.2) is 24.4 Å². The Kier molecular flexibility index (Phi) is 5.03. The Hall–Kier alpha value is -1.66. The van der Waals surface area contributed by atoms with Gasteiger partial charge in [-0.05, 0) is 36.5 Å². The van der Waals surface area contributed by atoms with Gasteiger partial charge in [-0.3, -0.25) is 9.59 Å². The smallest absolute Gasteiger partial charge is 0.228 e. The van der Waals surface area contributed by atoms with Crippen molar-refractivity contribution in [1.29, 1.82) is 0 Å². The highest BCUT2D eigenvalue weighted by Gasteiger charge is 2.32. The van der Waals surface area contributed by atoms with Crippen LogP contribution in [0.3, 0.4) is 0 Å². The molecule has 0 bridgehead atoms. The van der Waals surface area contributed by atoms with E-state index in [2.05, 4.69) is 10.6 Å². The fourth-order valence-electron chi connectivity index (χ4n) is 2.70. The standard InChI is InChI=1S/C15H18FN3O2.ClH/c16-9-3-4-10-11(6-14(20)19-13(10)5-9)15(21)18-7-12(17)8-1-2-8;/h3-5,8,11-12H,1-2,6-7,17H2,(H,18,21)(H,19,20);1H. The number of anilines is 1. The van der Waals surface area contributed by atoms with E-state index in [0.717, 1.165) is 12.8 Å². The number of carbonyl (C=O) groups is 2. The number of rotatable bonds is 4. The van der Waals surface area contributed by atoms with Crippen molar-refractivity contribution in [3.63, 3.8) is 0 Å². The van der Waals surface area contributed by atoms with Crippen molar-refractivity contribution in [2.45, 2.75) is 31.2 Å². The maximum atomic E-state index is 13.2. The number of carbonyl (C=O) groups excluding carboxylic acids is 2. The van der Waals surface area contributed by atoms with E-state index in [1.807, 2.05) is 0 Å². The second-order valence-corrected chi connectivity index (χ2v) is 5.78. The SMILES string of the molecule is Cl.NC(CNC(=O)C1CC(=O)Nc2cc(F)ccc21)C1CC1. The van der Waals surface area contributed by atoms with Gasteiger partial charge in [-0.1, -0.05) is 6.07 Å². The first kappa shape index (κ1) is 16.7. The van der Waals surface area contributed by atoms with Gasteiger partial charge in [-0.25, -0.2) is 4.39 Å². The molecular formula is C15H19ClFN3O2. The summed E-state index contributed by atoms with van der Waals surface area (Å²) < 4.78 is 13.2. The van der Waals surface area contributed by atoms with Crippen molar-refractivity contribution in [2.75, 3.05) is 11.9 Å². The summed E-state index contributed by atoms with van der Waals surface area (Å²) in [4.78, 5) is 24.0. The Bertz CT molecular complexity index is 592. The van der Waals surface area contributed by atoms with Gasteiger partial charge in [0, 0.05) is 24.7 Å². The minimum absolute atomic E-state index is 0. The summed E-state index contributed by atoms with van der Waals surface area (Å²) in [7, 11) is 0. The van der Waals surface area contributed by atoms with Crippen LogP contribution in [0.15, 0.2) is 18.2 Å². The molecule has 5 nitrogen and oxygen atoms in total. The average molecular weight is 328 g/mol. The van der Waals surface area contributed by atoms with E-state index < -0.39 is 11.7 Å². The van der Waals surface area contributed by atoms with Crippen LogP contribution in [0, 0.1) is 11.7 Å². The predicted octanol–water partition coefficient (Wildman–Crippen LogP) is 1.53. The highest BCUT2D eigenvalue weighted by Crippen LogP contribution is 2.33. The zero-order valence-corrected chi connectivity index (χ0v) is 12.8. The Balaban J connectivity index is 0.00000176. The fourth-order valence-corrected chi connectivity index (χ4v) is 2.70. The zero-order chi connectivity index (χ0) is 15.0. The Morgan fingerprint density at radius 1 is 1.45 bits per heavy atom. The summed E-state index contributed by atoms with van der Waals surface area (Å²) >= 11 is 0. The first-order valence-corrected chi connectivity index (χ1v) is 7.17. The number of benzene rings is 1. The van der Waals surface area contributed by atoms with E-state index >= 15 is 0 Å². The molecule has 4 N–H and O–H groups in total. The maximum Gasteiger partial charge on any atom is 0.228 e. The monoisotopic (exact) mass is 327 g/mol. The summed E-state index contributed by atoms with van der Waals surface area (Å²) in [5, 5.41) is 5.41. The number of nitrogens with two attached hydrogens (primary N) is 1. The first-order chi connectivity index (χ1) is 10.0. The largest absolute Gasteiger partial charge is 0.354 e. The van der Waals surface area contributed by atoms with Crippen molar-refractivity contribution < 1.29 is 14.0 Å². The van der Waals surface area contributed by atoms with E-state index in [0.29, 0.717) is 23.7 Å². The number of nitrogens with one attached hydrogen (secondary N) is 2. The molecule has 120 valence electrons. The molecule has 1 aliphatic carbocycles. The summed E-state index contributed by atoms with van der Waals surface area (Å²) in [6, 6.07) is 4.06. The molecule has 1 aromatic rings. The second kappa shape index (κ2) is 6.62. The highest BCUT2D eigenvalue weighted by atomic mass is 35.5. The Morgan fingerprint density at radius 3 is 2.86 bits per heavy atom. The number of halogens is 2. The Labute approximate surface area is 134 Å². The topological polar surface area (TPSA) is 84.2 Å². The number of fused-ring (bicyclic) bond motifs is 1. The van der Waals surface area contributed by atoms with Crippen molar-refractivity contribution >= 4 is 29.9 Å². The summed E-state index contributed by atoms with van der Waals surface area (Å²) in [5.41, 5.74) is 6.97. The van der Waals surface area contributed by atoms with Gasteiger partial charge >= 0.3 is 0 Å². The molecular weight excluding hydrogens is 309 g/mol. The lowest BCUT2D eigenvalue weighted by Crippen LogP contribution is -2.42. The van der Waals surface area contributed by atoms with Gasteiger partial charge in [-0.15, -0.1) is 12.4 Å². The van der Waals surface area contributed by atoms with E-state index in [-0.39, 0.29) is 36.7 Å². The molecule has 0 radical (unpaired) electrons. The molecule has 0 spiro atoms. The van der Waals surface area contributed by atoms with Crippen LogP contribution in [0.1, 0.15) is 30.7 Å². The van der Waals surface area contributed by atoms with Crippen LogP contribution >= 0.6 is 12.4 Å². The Morgan fingerprint density at radius 2 is 2.18 bits per heavy atom. The number of amides is 2. The second-order valence-electron chi connectivity index (χ2n) is 5.78. The quantitative estimate of drug-likeness (QED) is 0.784. The molecule has 1 aromatic carbocycles. The van der Waals surface area contributed by atoms with Gasteiger partial charge in [0.25, 0.3) is 0 Å². The molecule has 2 atom stereocenters. The van der Waals surface area contributed by atoms with Gasteiger partial charge in [0.1, 0.15) is 5.82 Å². The molecule has 22 heavy (non-hydrogen) atoms. The fraction of sp³-hybridized carbons (Fsp3) is 0.467. The third-order valence-corrected chi connectivity index (χ3v) is 4.11. The van der Waals surface area contributed by atoms with E-state index in [9.17, 15) is 14.0 Å². The third kappa shape index (κ3) is 3.56. The summed E-state index contributed by atoms with van der Waals surface area (Å²) in [6.45, 7) is 0.415. The summed E-state index contributed by atoms with van der Waals surface area (Å²) in [6.07, 6.45) is 2.30. The summed E-state index contributed by atoms with van der Waals surface area (Å²) in [5.74, 6) is -1.03. The van der Waals surface area contributed by atoms with E-state index in [1.54, 1.807) is 6.07 Å². The van der Waals surface area contributed by atoms with Crippen LogP contribution in [0.4, 0.5) is 10.1 Å². The maximum absolute atomic E-state index is 13.2. The van der Waals surface area contributed by atoms with E-state index in [1.165, 1.54) is 12.1 Å². The van der Waals surface area contributed by atoms with Gasteiger partial charge in [-0.2, -0.15) is 0 Å². The van der Waals surface area contributed by atoms with Crippen LogP contribution in [0.25, 0.3) is 0 Å². The van der Waals surface area contributed by atoms with Gasteiger partial charge < -0.3 is 16.4 Å².